The van der Waals surface area contributed by atoms with Crippen LogP contribution in [0.15, 0.2) is 22.6 Å². The SMILES string of the molecule is NC1CCN(c2nc3c([N+](=O)[O-])cccc3o2)CC1. The highest BCUT2D eigenvalue weighted by Gasteiger charge is 2.23. The van der Waals surface area contributed by atoms with Crippen LogP contribution < -0.4 is 10.6 Å². The largest absolute Gasteiger partial charge is 0.423 e. The van der Waals surface area contributed by atoms with Crippen molar-refractivity contribution < 1.29 is 9.34 Å². The summed E-state index contributed by atoms with van der Waals surface area (Å²) >= 11 is 0. The lowest BCUT2D eigenvalue weighted by atomic mass is 10.1. The Hall–Kier alpha value is -2.15. The number of aromatic nitrogens is 1. The summed E-state index contributed by atoms with van der Waals surface area (Å²) in [5.41, 5.74) is 6.57. The first-order valence-electron chi connectivity index (χ1n) is 6.19. The minimum atomic E-state index is -0.444. The van der Waals surface area contributed by atoms with Gasteiger partial charge in [0, 0.05) is 25.2 Å². The highest BCUT2D eigenvalue weighted by atomic mass is 16.6. The molecule has 1 aromatic carbocycles. The Bertz CT molecular complexity index is 616. The Balaban J connectivity index is 1.98. The molecule has 7 heteroatoms. The Kier molecular flexibility index (Phi) is 2.83. The third-order valence-corrected chi connectivity index (χ3v) is 3.39. The van der Waals surface area contributed by atoms with Gasteiger partial charge in [-0.2, -0.15) is 4.98 Å². The molecule has 0 atom stereocenters. The fourth-order valence-electron chi connectivity index (χ4n) is 2.30. The van der Waals surface area contributed by atoms with Crippen LogP contribution in [0.5, 0.6) is 0 Å². The molecule has 0 bridgehead atoms. The molecule has 3 rings (SSSR count). The van der Waals surface area contributed by atoms with Crippen LogP contribution in [-0.4, -0.2) is 29.0 Å². The van der Waals surface area contributed by atoms with Crippen LogP contribution in [0.25, 0.3) is 11.1 Å². The molecule has 1 aromatic heterocycles. The molecule has 1 saturated heterocycles. The fourth-order valence-corrected chi connectivity index (χ4v) is 2.30. The number of piperidine rings is 1. The second-order valence-corrected chi connectivity index (χ2v) is 4.70. The van der Waals surface area contributed by atoms with Crippen molar-refractivity contribution in [2.45, 2.75) is 18.9 Å². The Morgan fingerprint density at radius 1 is 1.42 bits per heavy atom. The van der Waals surface area contributed by atoms with E-state index in [4.69, 9.17) is 10.2 Å². The van der Waals surface area contributed by atoms with E-state index in [0.29, 0.717) is 17.1 Å². The molecular formula is C12H14N4O3. The molecule has 2 heterocycles. The minimum Gasteiger partial charge on any atom is -0.423 e. The monoisotopic (exact) mass is 262 g/mol. The number of anilines is 1. The third kappa shape index (κ3) is 2.12. The molecule has 2 N–H and O–H groups in total. The average molecular weight is 262 g/mol. The Morgan fingerprint density at radius 2 is 2.16 bits per heavy atom. The molecule has 0 spiro atoms. The zero-order valence-electron chi connectivity index (χ0n) is 10.3. The molecule has 100 valence electrons. The van der Waals surface area contributed by atoms with Crippen LogP contribution in [0.4, 0.5) is 11.7 Å². The number of benzene rings is 1. The van der Waals surface area contributed by atoms with Gasteiger partial charge in [0.15, 0.2) is 11.1 Å². The zero-order chi connectivity index (χ0) is 13.4. The van der Waals surface area contributed by atoms with Crippen molar-refractivity contribution in [3.8, 4) is 0 Å². The van der Waals surface area contributed by atoms with Gasteiger partial charge in [0.25, 0.3) is 11.7 Å². The molecule has 0 amide bonds. The van der Waals surface area contributed by atoms with E-state index in [-0.39, 0.29) is 11.7 Å². The van der Waals surface area contributed by atoms with Crippen molar-refractivity contribution in [3.63, 3.8) is 0 Å². The number of nitro groups is 1. The van der Waals surface area contributed by atoms with Crippen molar-refractivity contribution in [1.82, 2.24) is 4.98 Å². The molecule has 2 aromatic rings. The van der Waals surface area contributed by atoms with Gasteiger partial charge in [-0.05, 0) is 18.9 Å². The highest BCUT2D eigenvalue weighted by molar-refractivity contribution is 5.84. The summed E-state index contributed by atoms with van der Waals surface area (Å²) in [6.07, 6.45) is 1.75. The highest BCUT2D eigenvalue weighted by Crippen LogP contribution is 2.29. The van der Waals surface area contributed by atoms with Crippen LogP contribution in [-0.2, 0) is 0 Å². The maximum Gasteiger partial charge on any atom is 0.298 e. The summed E-state index contributed by atoms with van der Waals surface area (Å²) in [7, 11) is 0. The number of para-hydroxylation sites is 1. The van der Waals surface area contributed by atoms with Crippen LogP contribution >= 0.6 is 0 Å². The minimum absolute atomic E-state index is 0.0267. The van der Waals surface area contributed by atoms with Crippen LogP contribution in [0.1, 0.15) is 12.8 Å². The van der Waals surface area contributed by atoms with E-state index in [1.54, 1.807) is 12.1 Å². The van der Waals surface area contributed by atoms with Gasteiger partial charge in [-0.3, -0.25) is 10.1 Å². The summed E-state index contributed by atoms with van der Waals surface area (Å²) in [5, 5.41) is 10.9. The van der Waals surface area contributed by atoms with Gasteiger partial charge >= 0.3 is 0 Å². The normalized spacial score (nSPS) is 17.0. The quantitative estimate of drug-likeness (QED) is 0.652. The second-order valence-electron chi connectivity index (χ2n) is 4.70. The molecule has 19 heavy (non-hydrogen) atoms. The van der Waals surface area contributed by atoms with Crippen molar-refractivity contribution >= 4 is 22.8 Å². The maximum atomic E-state index is 10.9. The standard InChI is InChI=1S/C12H14N4O3/c13-8-4-6-15(7-5-8)12-14-11-9(16(17)18)2-1-3-10(11)19-12/h1-3,8H,4-7,13H2. The van der Waals surface area contributed by atoms with Gasteiger partial charge in [-0.15, -0.1) is 0 Å². The molecule has 0 unspecified atom stereocenters. The lowest BCUT2D eigenvalue weighted by Crippen LogP contribution is -2.39. The van der Waals surface area contributed by atoms with Gasteiger partial charge in [-0.1, -0.05) is 6.07 Å². The Morgan fingerprint density at radius 3 is 2.84 bits per heavy atom. The lowest BCUT2D eigenvalue weighted by molar-refractivity contribution is -0.383. The second kappa shape index (κ2) is 4.51. The van der Waals surface area contributed by atoms with Crippen LogP contribution in [0.2, 0.25) is 0 Å². The molecule has 1 fully saturated rings. The first kappa shape index (κ1) is 11.9. The smallest absolute Gasteiger partial charge is 0.298 e. The first-order chi connectivity index (χ1) is 9.15. The fraction of sp³-hybridized carbons (Fsp3) is 0.417. The van der Waals surface area contributed by atoms with E-state index in [1.807, 2.05) is 4.90 Å². The number of nitrogens with two attached hydrogens (primary N) is 1. The third-order valence-electron chi connectivity index (χ3n) is 3.39. The predicted molar refractivity (Wildman–Crippen MR) is 70.1 cm³/mol. The van der Waals surface area contributed by atoms with Crippen molar-refractivity contribution in [2.24, 2.45) is 5.73 Å². The Labute approximate surface area is 109 Å². The van der Waals surface area contributed by atoms with Crippen LogP contribution in [0, 0.1) is 10.1 Å². The van der Waals surface area contributed by atoms with E-state index in [1.165, 1.54) is 6.07 Å². The number of oxazole rings is 1. The summed E-state index contributed by atoms with van der Waals surface area (Å²) in [5.74, 6) is 0. The van der Waals surface area contributed by atoms with Gasteiger partial charge in [0.2, 0.25) is 0 Å². The van der Waals surface area contributed by atoms with Gasteiger partial charge in [0.1, 0.15) is 0 Å². The molecule has 1 aliphatic rings. The van der Waals surface area contributed by atoms with E-state index in [2.05, 4.69) is 4.98 Å². The van der Waals surface area contributed by atoms with Gasteiger partial charge < -0.3 is 15.1 Å². The summed E-state index contributed by atoms with van der Waals surface area (Å²) in [6.45, 7) is 1.53. The zero-order valence-corrected chi connectivity index (χ0v) is 10.3. The van der Waals surface area contributed by atoms with Crippen molar-refractivity contribution in [1.29, 1.82) is 0 Å². The topological polar surface area (TPSA) is 98.4 Å². The number of fused-ring (bicyclic) bond motifs is 1. The molecule has 0 saturated carbocycles. The molecule has 0 radical (unpaired) electrons. The number of hydrogen-bond acceptors (Lipinski definition) is 6. The van der Waals surface area contributed by atoms with Crippen LogP contribution in [0.3, 0.4) is 0 Å². The first-order valence-corrected chi connectivity index (χ1v) is 6.19. The molecular weight excluding hydrogens is 248 g/mol. The number of rotatable bonds is 2. The van der Waals surface area contributed by atoms with Crippen molar-refractivity contribution in [3.05, 3.63) is 28.3 Å². The maximum absolute atomic E-state index is 10.9. The average Bonchev–Trinajstić information content (AvgIpc) is 2.82. The van der Waals surface area contributed by atoms with Gasteiger partial charge in [-0.25, -0.2) is 0 Å². The van der Waals surface area contributed by atoms with E-state index < -0.39 is 4.92 Å². The number of non-ortho nitro benzene ring substituents is 1. The van der Waals surface area contributed by atoms with E-state index in [9.17, 15) is 10.1 Å². The summed E-state index contributed by atoms with van der Waals surface area (Å²) in [6, 6.07) is 5.38. The lowest BCUT2D eigenvalue weighted by Gasteiger charge is -2.28. The number of nitrogens with zero attached hydrogens (tertiary/aromatic N) is 3. The predicted octanol–water partition coefficient (Wildman–Crippen LogP) is 1.66. The van der Waals surface area contributed by atoms with Gasteiger partial charge in [0.05, 0.1) is 4.92 Å². The molecule has 7 nitrogen and oxygen atoms in total. The molecule has 1 aliphatic heterocycles. The summed E-state index contributed by atoms with van der Waals surface area (Å²) in [4.78, 5) is 16.7. The van der Waals surface area contributed by atoms with Crippen molar-refractivity contribution in [2.75, 3.05) is 18.0 Å². The van der Waals surface area contributed by atoms with E-state index in [0.717, 1.165) is 25.9 Å². The van der Waals surface area contributed by atoms with E-state index >= 15 is 0 Å². The number of nitro benzene ring substituents is 1. The number of hydrogen-bond donors (Lipinski definition) is 1. The summed E-state index contributed by atoms with van der Waals surface area (Å²) < 4.78 is 5.60. The molecule has 0 aliphatic carbocycles.